The molecule has 0 bridgehead atoms. The maximum Gasteiger partial charge on any atom is 0.223 e. The van der Waals surface area contributed by atoms with E-state index in [1.165, 1.54) is 5.56 Å². The molecule has 0 aromatic heterocycles. The average Bonchev–Trinajstić information content (AvgIpc) is 2.34. The summed E-state index contributed by atoms with van der Waals surface area (Å²) >= 11 is 0. The van der Waals surface area contributed by atoms with Gasteiger partial charge in [0.15, 0.2) is 0 Å². The lowest BCUT2D eigenvalue weighted by Gasteiger charge is -2.21. The second-order valence-electron chi connectivity index (χ2n) is 5.13. The van der Waals surface area contributed by atoms with Gasteiger partial charge in [0.2, 0.25) is 5.91 Å². The van der Waals surface area contributed by atoms with Crippen LogP contribution in [0.4, 0.5) is 0 Å². The summed E-state index contributed by atoms with van der Waals surface area (Å²) in [6.45, 7) is 6.09. The summed E-state index contributed by atoms with van der Waals surface area (Å²) in [6, 6.07) is 10.0. The number of rotatable bonds is 6. The third kappa shape index (κ3) is 4.88. The fourth-order valence-electron chi connectivity index (χ4n) is 1.88. The quantitative estimate of drug-likeness (QED) is 0.810. The molecule has 0 heterocycles. The second kappa shape index (κ2) is 7.17. The summed E-state index contributed by atoms with van der Waals surface area (Å²) < 4.78 is 0. The molecule has 0 aliphatic heterocycles. The Morgan fingerprint density at radius 2 is 1.83 bits per heavy atom. The minimum Gasteiger partial charge on any atom is -0.392 e. The van der Waals surface area contributed by atoms with E-state index in [1.54, 1.807) is 6.92 Å². The van der Waals surface area contributed by atoms with Crippen LogP contribution >= 0.6 is 0 Å². The zero-order chi connectivity index (χ0) is 13.5. The maximum atomic E-state index is 12.1. The number of hydrogen-bond donors (Lipinski definition) is 2. The number of hydrogen-bond acceptors (Lipinski definition) is 2. The number of aliphatic hydroxyl groups is 1. The fraction of sp³-hybridized carbons (Fsp3) is 0.533. The molecule has 100 valence electrons. The van der Waals surface area contributed by atoms with Crippen LogP contribution in [0.25, 0.3) is 0 Å². The highest BCUT2D eigenvalue weighted by molar-refractivity contribution is 5.79. The minimum atomic E-state index is -0.501. The van der Waals surface area contributed by atoms with Gasteiger partial charge in [-0.05, 0) is 24.8 Å². The van der Waals surface area contributed by atoms with Crippen molar-refractivity contribution in [2.24, 2.45) is 11.8 Å². The predicted octanol–water partition coefficient (Wildman–Crippen LogP) is 2.00. The molecular formula is C15H23NO2. The molecule has 0 saturated heterocycles. The fourth-order valence-corrected chi connectivity index (χ4v) is 1.88. The van der Waals surface area contributed by atoms with Crippen LogP contribution in [0.3, 0.4) is 0 Å². The molecule has 2 unspecified atom stereocenters. The first-order valence-electron chi connectivity index (χ1n) is 6.50. The van der Waals surface area contributed by atoms with Crippen LogP contribution in [0.5, 0.6) is 0 Å². The second-order valence-corrected chi connectivity index (χ2v) is 5.13. The molecule has 2 N–H and O–H groups in total. The molecule has 0 aliphatic rings. The van der Waals surface area contributed by atoms with Gasteiger partial charge in [-0.1, -0.05) is 44.2 Å². The van der Waals surface area contributed by atoms with Crippen molar-refractivity contribution >= 4 is 5.91 Å². The summed E-state index contributed by atoms with van der Waals surface area (Å²) in [6.07, 6.45) is 0.239. The summed E-state index contributed by atoms with van der Waals surface area (Å²) in [4.78, 5) is 12.1. The van der Waals surface area contributed by atoms with Crippen LogP contribution in [0, 0.1) is 11.8 Å². The number of nitrogens with one attached hydrogen (secondary N) is 1. The number of carbonyl (C=O) groups is 1. The highest BCUT2D eigenvalue weighted by Gasteiger charge is 2.22. The van der Waals surface area contributed by atoms with E-state index in [2.05, 4.69) is 19.2 Å². The maximum absolute atomic E-state index is 12.1. The van der Waals surface area contributed by atoms with Crippen LogP contribution in [-0.4, -0.2) is 23.7 Å². The highest BCUT2D eigenvalue weighted by Crippen LogP contribution is 2.17. The lowest BCUT2D eigenvalue weighted by atomic mass is 9.88. The predicted molar refractivity (Wildman–Crippen MR) is 73.2 cm³/mol. The summed E-state index contributed by atoms with van der Waals surface area (Å²) in [5.74, 6) is 0.250. The van der Waals surface area contributed by atoms with Crippen molar-refractivity contribution in [2.75, 3.05) is 6.54 Å². The molecule has 0 radical (unpaired) electrons. The molecular weight excluding hydrogens is 226 g/mol. The van der Waals surface area contributed by atoms with Crippen molar-refractivity contribution in [3.05, 3.63) is 35.9 Å². The Bertz CT molecular complexity index is 360. The van der Waals surface area contributed by atoms with E-state index in [9.17, 15) is 9.90 Å². The van der Waals surface area contributed by atoms with Crippen LogP contribution < -0.4 is 5.32 Å². The first kappa shape index (κ1) is 14.7. The summed E-state index contributed by atoms with van der Waals surface area (Å²) in [5.41, 5.74) is 1.17. The van der Waals surface area contributed by atoms with Gasteiger partial charge >= 0.3 is 0 Å². The van der Waals surface area contributed by atoms with Gasteiger partial charge in [0.25, 0.3) is 0 Å². The van der Waals surface area contributed by atoms with Gasteiger partial charge in [-0.2, -0.15) is 0 Å². The lowest BCUT2D eigenvalue weighted by Crippen LogP contribution is -2.38. The van der Waals surface area contributed by atoms with Gasteiger partial charge in [-0.15, -0.1) is 0 Å². The smallest absolute Gasteiger partial charge is 0.223 e. The molecule has 0 saturated carbocycles. The van der Waals surface area contributed by atoms with Gasteiger partial charge < -0.3 is 10.4 Å². The molecule has 0 spiro atoms. The first-order valence-corrected chi connectivity index (χ1v) is 6.50. The molecule has 3 heteroatoms. The van der Waals surface area contributed by atoms with Gasteiger partial charge in [0.1, 0.15) is 0 Å². The zero-order valence-corrected chi connectivity index (χ0v) is 11.4. The third-order valence-electron chi connectivity index (χ3n) is 3.01. The van der Waals surface area contributed by atoms with E-state index >= 15 is 0 Å². The summed E-state index contributed by atoms with van der Waals surface area (Å²) in [7, 11) is 0. The van der Waals surface area contributed by atoms with E-state index in [0.717, 1.165) is 6.42 Å². The lowest BCUT2D eigenvalue weighted by molar-refractivity contribution is -0.126. The van der Waals surface area contributed by atoms with Crippen molar-refractivity contribution in [2.45, 2.75) is 33.3 Å². The van der Waals surface area contributed by atoms with Crippen LogP contribution in [0.15, 0.2) is 30.3 Å². The van der Waals surface area contributed by atoms with Gasteiger partial charge in [0.05, 0.1) is 6.10 Å². The Hall–Kier alpha value is -1.35. The normalized spacial score (nSPS) is 14.3. The first-order chi connectivity index (χ1) is 8.50. The molecule has 0 fully saturated rings. The van der Waals surface area contributed by atoms with Gasteiger partial charge in [-0.3, -0.25) is 4.79 Å². The van der Waals surface area contributed by atoms with E-state index in [1.807, 2.05) is 30.3 Å². The van der Waals surface area contributed by atoms with E-state index in [4.69, 9.17) is 0 Å². The van der Waals surface area contributed by atoms with Crippen molar-refractivity contribution in [1.29, 1.82) is 0 Å². The summed E-state index contributed by atoms with van der Waals surface area (Å²) in [5, 5.41) is 12.0. The number of carbonyl (C=O) groups excluding carboxylic acids is 1. The Morgan fingerprint density at radius 3 is 2.33 bits per heavy atom. The molecule has 1 aromatic carbocycles. The Kier molecular flexibility index (Phi) is 5.86. The monoisotopic (exact) mass is 249 g/mol. The standard InChI is InChI=1S/C15H23NO2/c1-11(2)14(15(18)16-10-12(3)17)9-13-7-5-4-6-8-13/h4-8,11-12,14,17H,9-10H2,1-3H3,(H,16,18). The van der Waals surface area contributed by atoms with Crippen LogP contribution in [-0.2, 0) is 11.2 Å². The van der Waals surface area contributed by atoms with Crippen molar-refractivity contribution < 1.29 is 9.90 Å². The van der Waals surface area contributed by atoms with Crippen molar-refractivity contribution in [3.8, 4) is 0 Å². The van der Waals surface area contributed by atoms with Crippen molar-refractivity contribution in [1.82, 2.24) is 5.32 Å². The SMILES string of the molecule is CC(O)CNC(=O)C(Cc1ccccc1)C(C)C. The molecule has 2 atom stereocenters. The minimum absolute atomic E-state index is 0.0229. The molecule has 0 aliphatic carbocycles. The zero-order valence-electron chi connectivity index (χ0n) is 11.4. The van der Waals surface area contributed by atoms with E-state index in [-0.39, 0.29) is 17.7 Å². The Labute approximate surface area is 109 Å². The molecule has 1 amide bonds. The molecule has 1 aromatic rings. The topological polar surface area (TPSA) is 49.3 Å². The molecule has 3 nitrogen and oxygen atoms in total. The third-order valence-corrected chi connectivity index (χ3v) is 3.01. The average molecular weight is 249 g/mol. The number of aliphatic hydroxyl groups excluding tert-OH is 1. The molecule has 1 rings (SSSR count). The number of benzene rings is 1. The Balaban J connectivity index is 2.62. The van der Waals surface area contributed by atoms with Crippen LogP contribution in [0.1, 0.15) is 26.3 Å². The number of amides is 1. The largest absolute Gasteiger partial charge is 0.392 e. The van der Waals surface area contributed by atoms with Gasteiger partial charge in [-0.25, -0.2) is 0 Å². The van der Waals surface area contributed by atoms with E-state index in [0.29, 0.717) is 6.54 Å². The Morgan fingerprint density at radius 1 is 1.22 bits per heavy atom. The molecule has 18 heavy (non-hydrogen) atoms. The van der Waals surface area contributed by atoms with E-state index < -0.39 is 6.10 Å². The van der Waals surface area contributed by atoms with Gasteiger partial charge in [0, 0.05) is 12.5 Å². The van der Waals surface area contributed by atoms with Crippen LogP contribution in [0.2, 0.25) is 0 Å². The van der Waals surface area contributed by atoms with Crippen molar-refractivity contribution in [3.63, 3.8) is 0 Å². The highest BCUT2D eigenvalue weighted by atomic mass is 16.3.